The van der Waals surface area contributed by atoms with Crippen LogP contribution in [0.1, 0.15) is 42.6 Å². The number of Topliss-reactive ketones (excluding diaryl/α,β-unsaturated/α-hetero) is 1. The van der Waals surface area contributed by atoms with Gasteiger partial charge in [-0.2, -0.15) is 0 Å². The Bertz CT molecular complexity index is 739. The van der Waals surface area contributed by atoms with E-state index in [1.54, 1.807) is 13.2 Å². The largest absolute Gasteiger partial charge is 0.496 e. The van der Waals surface area contributed by atoms with E-state index >= 15 is 0 Å². The van der Waals surface area contributed by atoms with Crippen LogP contribution < -0.4 is 4.74 Å². The van der Waals surface area contributed by atoms with Crippen molar-refractivity contribution in [2.45, 2.75) is 56.5 Å². The number of carbonyl (C=O) groups is 1. The first-order valence-corrected chi connectivity index (χ1v) is 10.5. The zero-order chi connectivity index (χ0) is 19.3. The Balaban J connectivity index is 1.43. The summed E-state index contributed by atoms with van der Waals surface area (Å²) in [5.74, 6) is 1.55. The summed E-state index contributed by atoms with van der Waals surface area (Å²) in [5, 5.41) is 0. The van der Waals surface area contributed by atoms with Gasteiger partial charge in [0.2, 0.25) is 0 Å². The lowest BCUT2D eigenvalue weighted by atomic mass is 9.47. The average molecular weight is 411 g/mol. The second-order valence-corrected chi connectivity index (χ2v) is 9.60. The lowest BCUT2D eigenvalue weighted by Crippen LogP contribution is -2.59. The van der Waals surface area contributed by atoms with Gasteiger partial charge < -0.3 is 14.0 Å². The minimum Gasteiger partial charge on any atom is -0.496 e. The Morgan fingerprint density at radius 1 is 1.33 bits per heavy atom. The molecule has 1 aromatic carbocycles. The van der Waals surface area contributed by atoms with Crippen molar-refractivity contribution >= 4 is 36.1 Å². The van der Waals surface area contributed by atoms with Crippen molar-refractivity contribution in [3.05, 3.63) is 29.3 Å². The molecule has 4 unspecified atom stereocenters. The summed E-state index contributed by atoms with van der Waals surface area (Å²) >= 11 is 11.5. The molecule has 4 nitrogen and oxygen atoms in total. The third-order valence-corrected chi connectivity index (χ3v) is 7.27. The number of carbonyl (C=O) groups excluding carboxylic acids is 1. The molecule has 27 heavy (non-hydrogen) atoms. The Morgan fingerprint density at radius 3 is 2.78 bits per heavy atom. The number of para-hydroxylation sites is 1. The van der Waals surface area contributed by atoms with Gasteiger partial charge in [-0.1, -0.05) is 49.2 Å². The quantitative estimate of drug-likeness (QED) is 0.391. The number of hydrogen-bond acceptors (Lipinski definition) is 4. The smallest absolute Gasteiger partial charge is 0.457 e. The molecule has 0 amide bonds. The number of rotatable bonds is 6. The van der Waals surface area contributed by atoms with E-state index < -0.39 is 4.84 Å². The van der Waals surface area contributed by atoms with Gasteiger partial charge in [-0.15, -0.1) is 0 Å². The van der Waals surface area contributed by atoms with Crippen molar-refractivity contribution in [1.82, 2.24) is 0 Å². The summed E-state index contributed by atoms with van der Waals surface area (Å²) in [6.07, 6.45) is 4.24. The summed E-state index contributed by atoms with van der Waals surface area (Å²) < 4.78 is 18.0. The Kier molecular flexibility index (Phi) is 5.26. The molecular weight excluding hydrogens is 386 g/mol. The Labute approximate surface area is 171 Å². The van der Waals surface area contributed by atoms with Gasteiger partial charge in [0.05, 0.1) is 24.9 Å². The van der Waals surface area contributed by atoms with Crippen LogP contribution in [-0.2, 0) is 15.7 Å². The predicted molar refractivity (Wildman–Crippen MR) is 107 cm³/mol. The standard InChI is InChI=1S/C20H25BCl2O4/c1-20(2)12-9-14(20)18-15(10-12)26-21(27-18)8-7-11-5-4-6-13(17(11)25-3)16(24)19(22)23/h4-6,12,14-15,18-19H,7-10H2,1-3H3. The molecule has 146 valence electrons. The van der Waals surface area contributed by atoms with Crippen LogP contribution in [0.2, 0.25) is 6.32 Å². The van der Waals surface area contributed by atoms with Gasteiger partial charge in [-0.25, -0.2) is 0 Å². The molecular formula is C20H25BCl2O4. The fourth-order valence-corrected chi connectivity index (χ4v) is 5.38. The van der Waals surface area contributed by atoms with Crippen LogP contribution in [0.25, 0.3) is 0 Å². The minimum atomic E-state index is -1.10. The van der Waals surface area contributed by atoms with E-state index in [0.717, 1.165) is 24.2 Å². The highest BCUT2D eigenvalue weighted by Gasteiger charge is 2.61. The molecule has 1 aromatic rings. The third kappa shape index (κ3) is 3.31. The number of halogens is 2. The maximum absolute atomic E-state index is 12.2. The fourth-order valence-electron chi connectivity index (χ4n) is 5.15. The zero-order valence-corrected chi connectivity index (χ0v) is 17.4. The third-order valence-electron chi connectivity index (χ3n) is 6.88. The van der Waals surface area contributed by atoms with Crippen LogP contribution >= 0.6 is 23.2 Å². The SMILES string of the molecule is COc1c(CCB2OC3CC4CC(C3O2)C4(C)C)cccc1C(=O)C(Cl)Cl. The number of methoxy groups -OCH3 is 1. The zero-order valence-electron chi connectivity index (χ0n) is 15.9. The highest BCUT2D eigenvalue weighted by atomic mass is 35.5. The molecule has 7 heteroatoms. The average Bonchev–Trinajstić information content (AvgIpc) is 3.07. The molecule has 3 saturated carbocycles. The van der Waals surface area contributed by atoms with E-state index in [4.69, 9.17) is 37.2 Å². The molecule has 4 atom stereocenters. The lowest BCUT2D eigenvalue weighted by Gasteiger charge is -2.60. The molecule has 1 heterocycles. The summed E-state index contributed by atoms with van der Waals surface area (Å²) in [5.41, 5.74) is 1.72. The number of hydrogen-bond donors (Lipinski definition) is 0. The number of ether oxygens (including phenoxy) is 1. The number of ketones is 1. The monoisotopic (exact) mass is 410 g/mol. The van der Waals surface area contributed by atoms with Crippen LogP contribution in [0.3, 0.4) is 0 Å². The maximum Gasteiger partial charge on any atom is 0.457 e. The molecule has 0 spiro atoms. The van der Waals surface area contributed by atoms with Crippen molar-refractivity contribution in [2.24, 2.45) is 17.3 Å². The lowest BCUT2D eigenvalue weighted by molar-refractivity contribution is -0.150. The molecule has 1 aliphatic heterocycles. The van der Waals surface area contributed by atoms with Gasteiger partial charge in [0, 0.05) is 0 Å². The highest BCUT2D eigenvalue weighted by molar-refractivity contribution is 6.55. The van der Waals surface area contributed by atoms with Gasteiger partial charge in [-0.3, -0.25) is 4.79 Å². The molecule has 0 radical (unpaired) electrons. The van der Waals surface area contributed by atoms with Crippen LogP contribution in [-0.4, -0.2) is 37.1 Å². The molecule has 4 aliphatic rings. The molecule has 4 fully saturated rings. The Morgan fingerprint density at radius 2 is 2.11 bits per heavy atom. The first-order valence-electron chi connectivity index (χ1n) is 9.62. The molecule has 0 N–H and O–H groups in total. The van der Waals surface area contributed by atoms with Crippen molar-refractivity contribution in [3.8, 4) is 5.75 Å². The molecule has 1 saturated heterocycles. The van der Waals surface area contributed by atoms with E-state index in [9.17, 15) is 4.79 Å². The Hall–Kier alpha value is -0.745. The van der Waals surface area contributed by atoms with Crippen LogP contribution in [0.15, 0.2) is 18.2 Å². The van der Waals surface area contributed by atoms with E-state index in [1.807, 2.05) is 12.1 Å². The second-order valence-electron chi connectivity index (χ2n) is 8.50. The second kappa shape index (κ2) is 7.25. The molecule has 2 bridgehead atoms. The summed E-state index contributed by atoms with van der Waals surface area (Å²) in [7, 11) is 1.35. The normalized spacial score (nSPS) is 30.8. The fraction of sp³-hybridized carbons (Fsp3) is 0.650. The van der Waals surface area contributed by atoms with Crippen molar-refractivity contribution in [1.29, 1.82) is 0 Å². The van der Waals surface area contributed by atoms with Gasteiger partial charge in [-0.05, 0) is 54.5 Å². The molecule has 5 rings (SSSR count). The first kappa shape index (κ1) is 19.6. The van der Waals surface area contributed by atoms with Crippen molar-refractivity contribution in [3.63, 3.8) is 0 Å². The van der Waals surface area contributed by atoms with Crippen LogP contribution in [0, 0.1) is 17.3 Å². The first-order chi connectivity index (χ1) is 12.8. The predicted octanol–water partition coefficient (Wildman–Crippen LogP) is 4.56. The summed E-state index contributed by atoms with van der Waals surface area (Å²) in [6.45, 7) is 4.71. The summed E-state index contributed by atoms with van der Waals surface area (Å²) in [4.78, 5) is 11.1. The minimum absolute atomic E-state index is 0.201. The topological polar surface area (TPSA) is 44.8 Å². The summed E-state index contributed by atoms with van der Waals surface area (Å²) in [6, 6.07) is 5.47. The number of alkyl halides is 2. The van der Waals surface area contributed by atoms with E-state index in [-0.39, 0.29) is 25.1 Å². The highest BCUT2D eigenvalue weighted by Crippen LogP contribution is 2.61. The number of aryl methyl sites for hydroxylation is 1. The molecule has 0 aromatic heterocycles. The molecule has 3 aliphatic carbocycles. The van der Waals surface area contributed by atoms with E-state index in [2.05, 4.69) is 13.8 Å². The maximum atomic E-state index is 12.2. The van der Waals surface area contributed by atoms with E-state index in [1.165, 1.54) is 6.42 Å². The van der Waals surface area contributed by atoms with E-state index in [0.29, 0.717) is 29.1 Å². The van der Waals surface area contributed by atoms with Crippen molar-refractivity contribution in [2.75, 3.05) is 7.11 Å². The van der Waals surface area contributed by atoms with Crippen molar-refractivity contribution < 1.29 is 18.8 Å². The van der Waals surface area contributed by atoms with Gasteiger partial charge >= 0.3 is 7.12 Å². The van der Waals surface area contributed by atoms with Gasteiger partial charge in [0.15, 0.2) is 10.6 Å². The van der Waals surface area contributed by atoms with Gasteiger partial charge in [0.1, 0.15) is 5.75 Å². The van der Waals surface area contributed by atoms with Gasteiger partial charge in [0.25, 0.3) is 0 Å². The van der Waals surface area contributed by atoms with Crippen LogP contribution in [0.4, 0.5) is 0 Å². The number of benzene rings is 1. The van der Waals surface area contributed by atoms with Crippen LogP contribution in [0.5, 0.6) is 5.75 Å².